The van der Waals surface area contributed by atoms with E-state index in [0.717, 1.165) is 22.3 Å². The predicted octanol–water partition coefficient (Wildman–Crippen LogP) is 14.4. The van der Waals surface area contributed by atoms with Gasteiger partial charge in [-0.15, -0.1) is 0 Å². The van der Waals surface area contributed by atoms with Crippen LogP contribution in [0, 0.1) is 0 Å². The van der Waals surface area contributed by atoms with E-state index in [9.17, 15) is 18.0 Å². The van der Waals surface area contributed by atoms with Gasteiger partial charge in [-0.3, -0.25) is 14.5 Å². The number of carbonyl (C=O) groups excluding carboxylic acids is 2. The van der Waals surface area contributed by atoms with Crippen molar-refractivity contribution in [2.45, 2.75) is 144 Å². The largest absolute Gasteiger partial charge is 0.322 e. The van der Waals surface area contributed by atoms with Crippen molar-refractivity contribution in [1.82, 2.24) is 9.80 Å². The van der Waals surface area contributed by atoms with E-state index in [1.54, 1.807) is 47.2 Å². The Morgan fingerprint density at radius 3 is 1.85 bits per heavy atom. The molecule has 55 heavy (non-hydrogen) atoms. The molecule has 0 aromatic heterocycles. The lowest BCUT2D eigenvalue weighted by Gasteiger charge is -2.50. The molecule has 9 rings (SSSR count). The lowest BCUT2D eigenvalue weighted by Crippen LogP contribution is -2.70. The second-order valence-corrected chi connectivity index (χ2v) is 18.6. The van der Waals surface area contributed by atoms with Crippen LogP contribution in [0.2, 0.25) is 0 Å². The van der Waals surface area contributed by atoms with E-state index in [0.29, 0.717) is 12.1 Å². The molecule has 0 saturated carbocycles. The van der Waals surface area contributed by atoms with Gasteiger partial charge in [0.15, 0.2) is 10.2 Å². The molecule has 7 nitrogen and oxygen atoms in total. The third-order valence-electron chi connectivity index (χ3n) is 8.84. The molecule has 1 aliphatic carbocycles. The topological polar surface area (TPSA) is 78.0 Å². The van der Waals surface area contributed by atoms with Crippen LogP contribution in [0.1, 0.15) is 127 Å². The van der Waals surface area contributed by atoms with Crippen LogP contribution in [-0.2, 0) is 31.4 Å². The number of benzene rings is 3. The van der Waals surface area contributed by atoms with Gasteiger partial charge in [-0.05, 0) is 88.1 Å². The number of piperazine rings is 1. The summed E-state index contributed by atoms with van der Waals surface area (Å²) < 4.78 is 30.8. The fourth-order valence-corrected chi connectivity index (χ4v) is 16.2. The van der Waals surface area contributed by atoms with Crippen molar-refractivity contribution >= 4 is 74.3 Å². The Labute approximate surface area is 356 Å². The summed E-state index contributed by atoms with van der Waals surface area (Å²) in [5, 5.41) is -0.750. The second-order valence-electron chi connectivity index (χ2n) is 10.7. The highest BCUT2D eigenvalue weighted by molar-refractivity contribution is 9.26. The number of sulfonamides is 1. The zero-order valence-corrected chi connectivity index (χ0v) is 25.8. The quantitative estimate of drug-likeness (QED) is 0.241. The Balaban J connectivity index is -0.000000329. The van der Waals surface area contributed by atoms with Crippen molar-refractivity contribution in [3.63, 3.8) is 0 Å². The van der Waals surface area contributed by atoms with Crippen LogP contribution in [-0.4, -0.2) is 53.5 Å². The minimum Gasteiger partial charge on any atom is -0.322 e. The van der Waals surface area contributed by atoms with Crippen LogP contribution in [0.15, 0.2) is 89.8 Å². The van der Waals surface area contributed by atoms with Crippen molar-refractivity contribution in [2.24, 2.45) is 0 Å². The van der Waals surface area contributed by atoms with Crippen molar-refractivity contribution in [3.8, 4) is 0 Å². The third-order valence-corrected chi connectivity index (χ3v) is 17.6. The highest BCUT2D eigenvalue weighted by atomic mass is 33.7. The summed E-state index contributed by atoms with van der Waals surface area (Å²) in [7, 11) is 3.23. The Morgan fingerprint density at radius 1 is 0.691 bits per heavy atom. The van der Waals surface area contributed by atoms with Gasteiger partial charge >= 0.3 is 0 Å². The number of fused-ring (bicyclic) bond motifs is 8. The molecular formula is C43H79N3O4S5. The molecule has 2 bridgehead atoms. The van der Waals surface area contributed by atoms with E-state index in [4.69, 9.17) is 0 Å². The summed E-state index contributed by atoms with van der Waals surface area (Å²) in [4.78, 5) is 31.0. The average molecular weight is 862 g/mol. The smallest absolute Gasteiger partial charge is 0.266 e. The fourth-order valence-electron chi connectivity index (χ4n) is 7.22. The van der Waals surface area contributed by atoms with Crippen LogP contribution in [0.5, 0.6) is 0 Å². The van der Waals surface area contributed by atoms with Crippen molar-refractivity contribution < 1.29 is 18.0 Å². The van der Waals surface area contributed by atoms with E-state index in [-0.39, 0.29) is 127 Å². The first-order chi connectivity index (χ1) is 19.8. The molecule has 0 N–H and O–H groups in total. The maximum absolute atomic E-state index is 14.7. The van der Waals surface area contributed by atoms with Gasteiger partial charge in [-0.1, -0.05) is 171 Å². The second kappa shape index (κ2) is 23.7. The van der Waals surface area contributed by atoms with Crippen molar-refractivity contribution in [3.05, 3.63) is 102 Å². The minimum atomic E-state index is -4.14. The lowest BCUT2D eigenvalue weighted by molar-refractivity contribution is -0.157. The number of amides is 2. The highest BCUT2D eigenvalue weighted by Gasteiger charge is 2.76. The monoisotopic (exact) mass is 861 g/mol. The number of hydrogen-bond acceptors (Lipinski definition) is 8. The molecule has 12 heteroatoms. The molecule has 6 aliphatic rings. The summed E-state index contributed by atoms with van der Waals surface area (Å²) in [5.74, 6) is -0.403. The molecule has 3 aromatic carbocycles. The number of allylic oxidation sites excluding steroid dienone is 1. The summed E-state index contributed by atoms with van der Waals surface area (Å²) in [6, 6.07) is 24.1. The van der Waals surface area contributed by atoms with Crippen molar-refractivity contribution in [1.29, 1.82) is 0 Å². The molecule has 1 spiro atoms. The number of anilines is 1. The van der Waals surface area contributed by atoms with E-state index in [1.165, 1.54) is 45.5 Å². The SMILES string of the molecule is C.C.C.C.C.C.C.C.C.C.C.C.C.C.CN1C(=O)[C@@]23C[C@]4(C5=CCc6ccccc65)c5ccccc5N(S(=O)(=O)c5ccccc5)[C@@H]4N2C(=O)[C@@H]1SSSS3. The Hall–Kier alpha value is -2.51. The van der Waals surface area contributed by atoms with Gasteiger partial charge in [-0.2, -0.15) is 0 Å². The fraction of sp³-hybridized carbons (Fsp3) is 0.488. The molecule has 0 radical (unpaired) electrons. The number of likely N-dealkylation sites (N-methyl/N-ethyl adjacent to an activating group) is 1. The standard InChI is InChI=1S/C29H23N3O4S5.14CH4/c1-30-25-24(33)31-26-28(17-29(31,27(30)34)38-40-39-37-25,21-16-15-18-9-5-6-12-20(18)21)22-13-7-8-14-23(22)32(26)41(35,36)19-10-3-2-4-11-19;;;;;;;;;;;;;;/h2-14,16,25-26H,15,17H2,1H3;14*1H4/t25-,26-,28-,29-;;;;;;;;;;;;;;/m0............../s1. The van der Waals surface area contributed by atoms with Crippen LogP contribution >= 0.6 is 41.2 Å². The van der Waals surface area contributed by atoms with E-state index in [2.05, 4.69) is 18.2 Å². The highest BCUT2D eigenvalue weighted by Crippen LogP contribution is 2.71. The average Bonchev–Trinajstić information content (AvgIpc) is 3.62. The molecule has 5 aliphatic heterocycles. The number of hydrogen-bond donors (Lipinski definition) is 0. The van der Waals surface area contributed by atoms with Gasteiger partial charge in [0, 0.05) is 13.5 Å². The number of carbonyl (C=O) groups is 2. The Kier molecular flexibility index (Phi) is 28.9. The Morgan fingerprint density at radius 2 is 1.24 bits per heavy atom. The molecule has 4 saturated heterocycles. The van der Waals surface area contributed by atoms with Crippen molar-refractivity contribution in [2.75, 3.05) is 11.4 Å². The molecular weight excluding hydrogens is 783 g/mol. The number of para-hydroxylation sites is 1. The van der Waals surface area contributed by atoms with E-state index < -0.39 is 31.8 Å². The number of rotatable bonds is 3. The summed E-state index contributed by atoms with van der Waals surface area (Å²) >= 11 is 0. The summed E-state index contributed by atoms with van der Waals surface area (Å²) in [5.41, 5.74) is 3.59. The van der Waals surface area contributed by atoms with Gasteiger partial charge < -0.3 is 4.90 Å². The first kappa shape index (κ1) is 67.2. The number of nitrogens with zero attached hydrogens (tertiary/aromatic N) is 3. The van der Waals surface area contributed by atoms with E-state index in [1.807, 2.05) is 36.4 Å². The maximum Gasteiger partial charge on any atom is 0.266 e. The van der Waals surface area contributed by atoms with Crippen LogP contribution in [0.3, 0.4) is 0 Å². The predicted molar refractivity (Wildman–Crippen MR) is 261 cm³/mol. The molecule has 3 aromatic rings. The molecule has 4 atom stereocenters. The van der Waals surface area contributed by atoms with Crippen LogP contribution < -0.4 is 4.31 Å². The van der Waals surface area contributed by atoms with Gasteiger partial charge in [0.25, 0.3) is 21.8 Å². The lowest BCUT2D eigenvalue weighted by atomic mass is 9.70. The molecule has 0 unspecified atom stereocenters. The van der Waals surface area contributed by atoms with Crippen LogP contribution in [0.25, 0.3) is 5.57 Å². The molecule has 4 fully saturated rings. The first-order valence-corrected chi connectivity index (χ1v) is 19.4. The van der Waals surface area contributed by atoms with Gasteiger partial charge in [0.05, 0.1) is 16.0 Å². The van der Waals surface area contributed by atoms with Crippen LogP contribution in [0.4, 0.5) is 5.69 Å². The van der Waals surface area contributed by atoms with Gasteiger partial charge in [-0.25, -0.2) is 12.7 Å². The normalized spacial score (nSPS) is 22.3. The zero-order chi connectivity index (χ0) is 28.1. The van der Waals surface area contributed by atoms with Gasteiger partial charge in [0.1, 0.15) is 6.17 Å². The molecule has 2 amide bonds. The van der Waals surface area contributed by atoms with E-state index >= 15 is 0 Å². The summed E-state index contributed by atoms with van der Waals surface area (Å²) in [6.07, 6.45) is 2.20. The molecule has 5 heterocycles. The zero-order valence-electron chi connectivity index (χ0n) is 21.7. The Bertz CT molecular complexity index is 1790. The molecule has 320 valence electrons. The summed E-state index contributed by atoms with van der Waals surface area (Å²) in [6.45, 7) is 0. The third kappa shape index (κ3) is 8.69. The van der Waals surface area contributed by atoms with Gasteiger partial charge in [0.2, 0.25) is 0 Å². The first-order valence-electron chi connectivity index (χ1n) is 13.1. The minimum absolute atomic E-state index is 0. The maximum atomic E-state index is 14.7.